The second-order valence-corrected chi connectivity index (χ2v) is 4.32. The van der Waals surface area contributed by atoms with Crippen LogP contribution in [0.3, 0.4) is 0 Å². The number of hydrogen-bond acceptors (Lipinski definition) is 5. The second-order valence-electron chi connectivity index (χ2n) is 4.32. The quantitative estimate of drug-likeness (QED) is 0.734. The molecule has 96 valence electrons. The Morgan fingerprint density at radius 1 is 1.56 bits per heavy atom. The third-order valence-corrected chi connectivity index (χ3v) is 3.27. The number of nitriles is 1. The van der Waals surface area contributed by atoms with E-state index in [-0.39, 0.29) is 5.91 Å². The fourth-order valence-corrected chi connectivity index (χ4v) is 2.04. The van der Waals surface area contributed by atoms with Crippen LogP contribution in [0.1, 0.15) is 23.3 Å². The van der Waals surface area contributed by atoms with Crippen molar-refractivity contribution in [3.63, 3.8) is 0 Å². The van der Waals surface area contributed by atoms with Gasteiger partial charge in [-0.3, -0.25) is 4.79 Å². The molecule has 1 aliphatic rings. The van der Waals surface area contributed by atoms with Gasteiger partial charge in [0, 0.05) is 40.1 Å². The third-order valence-electron chi connectivity index (χ3n) is 3.27. The van der Waals surface area contributed by atoms with E-state index in [0.29, 0.717) is 31.6 Å². The number of aromatic nitrogens is 3. The first kappa shape index (κ1) is 12.5. The van der Waals surface area contributed by atoms with Crippen LogP contribution in [0.25, 0.3) is 0 Å². The summed E-state index contributed by atoms with van der Waals surface area (Å²) >= 11 is 0. The number of methoxy groups -OCH3 is 1. The molecule has 1 aromatic heterocycles. The van der Waals surface area contributed by atoms with Crippen molar-refractivity contribution in [2.45, 2.75) is 18.4 Å². The van der Waals surface area contributed by atoms with Gasteiger partial charge in [-0.2, -0.15) is 15.2 Å². The predicted octanol–water partition coefficient (Wildman–Crippen LogP) is -0.0401. The van der Waals surface area contributed by atoms with Crippen molar-refractivity contribution in [2.75, 3.05) is 20.2 Å². The SMILES string of the molecule is COC1(C#N)CCN(C(=O)c2cnn(C)n2)CC1. The Morgan fingerprint density at radius 2 is 2.22 bits per heavy atom. The van der Waals surface area contributed by atoms with Crippen molar-refractivity contribution in [1.29, 1.82) is 5.26 Å². The fourth-order valence-electron chi connectivity index (χ4n) is 2.04. The second kappa shape index (κ2) is 4.74. The number of nitrogens with zero attached hydrogens (tertiary/aromatic N) is 5. The van der Waals surface area contributed by atoms with Crippen LogP contribution in [0, 0.1) is 11.3 Å². The maximum Gasteiger partial charge on any atom is 0.276 e. The molecule has 0 atom stereocenters. The standard InChI is InChI=1S/C11H15N5O2/c1-15-13-7-9(14-15)10(17)16-5-3-11(8-12,18-2)4-6-16/h7H,3-6H2,1-2H3. The van der Waals surface area contributed by atoms with E-state index in [4.69, 9.17) is 10.00 Å². The number of carbonyl (C=O) groups excluding carboxylic acids is 1. The number of carbonyl (C=O) groups is 1. The Bertz CT molecular complexity index is 482. The molecule has 0 aliphatic carbocycles. The zero-order chi connectivity index (χ0) is 13.2. The van der Waals surface area contributed by atoms with Gasteiger partial charge in [-0.15, -0.1) is 5.10 Å². The molecule has 0 unspecified atom stereocenters. The first-order valence-corrected chi connectivity index (χ1v) is 5.72. The summed E-state index contributed by atoms with van der Waals surface area (Å²) in [7, 11) is 3.20. The Kier molecular flexibility index (Phi) is 3.30. The Hall–Kier alpha value is -1.94. The van der Waals surface area contributed by atoms with Crippen LogP contribution in [0.2, 0.25) is 0 Å². The predicted molar refractivity (Wildman–Crippen MR) is 61.5 cm³/mol. The summed E-state index contributed by atoms with van der Waals surface area (Å²) in [6.07, 6.45) is 2.49. The minimum atomic E-state index is -0.751. The molecule has 0 radical (unpaired) electrons. The molecule has 0 spiro atoms. The van der Waals surface area contributed by atoms with Gasteiger partial charge in [-0.1, -0.05) is 0 Å². The number of ether oxygens (including phenoxy) is 1. The van der Waals surface area contributed by atoms with Gasteiger partial charge in [0.2, 0.25) is 0 Å². The zero-order valence-electron chi connectivity index (χ0n) is 10.5. The highest BCUT2D eigenvalue weighted by molar-refractivity contribution is 5.92. The maximum atomic E-state index is 12.1. The van der Waals surface area contributed by atoms with Gasteiger partial charge < -0.3 is 9.64 Å². The Labute approximate surface area is 105 Å². The molecular weight excluding hydrogens is 234 g/mol. The minimum absolute atomic E-state index is 0.147. The average Bonchev–Trinajstić information content (AvgIpc) is 2.85. The molecule has 1 saturated heterocycles. The molecule has 0 N–H and O–H groups in total. The summed E-state index contributed by atoms with van der Waals surface area (Å²) in [4.78, 5) is 15.1. The molecule has 7 nitrogen and oxygen atoms in total. The molecule has 2 heterocycles. The summed E-state index contributed by atoms with van der Waals surface area (Å²) in [6.45, 7) is 0.994. The maximum absolute atomic E-state index is 12.1. The van der Waals surface area contributed by atoms with Crippen LogP contribution < -0.4 is 0 Å². The number of rotatable bonds is 2. The van der Waals surface area contributed by atoms with Crippen LogP contribution in [0.5, 0.6) is 0 Å². The summed E-state index contributed by atoms with van der Waals surface area (Å²) in [5.41, 5.74) is -0.418. The first-order valence-electron chi connectivity index (χ1n) is 5.72. The van der Waals surface area contributed by atoms with Gasteiger partial charge in [0.05, 0.1) is 12.3 Å². The molecule has 0 saturated carbocycles. The van der Waals surface area contributed by atoms with Crippen LogP contribution in [-0.4, -0.2) is 51.6 Å². The lowest BCUT2D eigenvalue weighted by Crippen LogP contribution is -2.47. The van der Waals surface area contributed by atoms with Crippen molar-refractivity contribution in [3.8, 4) is 6.07 Å². The topological polar surface area (TPSA) is 84.0 Å². The lowest BCUT2D eigenvalue weighted by Gasteiger charge is -2.35. The van der Waals surface area contributed by atoms with Crippen LogP contribution >= 0.6 is 0 Å². The molecule has 1 aliphatic heterocycles. The first-order chi connectivity index (χ1) is 8.60. The lowest BCUT2D eigenvalue weighted by molar-refractivity contribution is -0.0107. The number of piperidine rings is 1. The summed E-state index contributed by atoms with van der Waals surface area (Å²) < 4.78 is 5.23. The van der Waals surface area contributed by atoms with Gasteiger partial charge in [-0.25, -0.2) is 0 Å². The van der Waals surface area contributed by atoms with E-state index in [0.717, 1.165) is 0 Å². The molecule has 2 rings (SSSR count). The van der Waals surface area contributed by atoms with Crippen molar-refractivity contribution in [3.05, 3.63) is 11.9 Å². The smallest absolute Gasteiger partial charge is 0.276 e. The van der Waals surface area contributed by atoms with Crippen molar-refractivity contribution < 1.29 is 9.53 Å². The van der Waals surface area contributed by atoms with Crippen LogP contribution in [0.4, 0.5) is 0 Å². The fraction of sp³-hybridized carbons (Fsp3) is 0.636. The van der Waals surface area contributed by atoms with E-state index >= 15 is 0 Å². The van der Waals surface area contributed by atoms with Crippen molar-refractivity contribution in [2.24, 2.45) is 7.05 Å². The van der Waals surface area contributed by atoms with E-state index in [1.54, 1.807) is 11.9 Å². The highest BCUT2D eigenvalue weighted by Gasteiger charge is 2.36. The molecule has 1 amide bonds. The molecule has 0 bridgehead atoms. The molecule has 1 fully saturated rings. The number of hydrogen-bond donors (Lipinski definition) is 0. The molecule has 7 heteroatoms. The highest BCUT2D eigenvalue weighted by Crippen LogP contribution is 2.25. The van der Waals surface area contributed by atoms with E-state index in [1.807, 2.05) is 0 Å². The van der Waals surface area contributed by atoms with E-state index in [2.05, 4.69) is 16.3 Å². The molecular formula is C11H15N5O2. The van der Waals surface area contributed by atoms with E-state index < -0.39 is 5.60 Å². The Balaban J connectivity index is 2.02. The van der Waals surface area contributed by atoms with Gasteiger partial charge >= 0.3 is 0 Å². The van der Waals surface area contributed by atoms with Crippen LogP contribution in [-0.2, 0) is 11.8 Å². The Morgan fingerprint density at radius 3 is 2.67 bits per heavy atom. The van der Waals surface area contributed by atoms with E-state index in [1.165, 1.54) is 18.1 Å². The largest absolute Gasteiger partial charge is 0.363 e. The van der Waals surface area contributed by atoms with Gasteiger partial charge in [0.15, 0.2) is 11.3 Å². The number of aryl methyl sites for hydroxylation is 1. The van der Waals surface area contributed by atoms with E-state index in [9.17, 15) is 4.79 Å². The van der Waals surface area contributed by atoms with Crippen molar-refractivity contribution in [1.82, 2.24) is 19.9 Å². The van der Waals surface area contributed by atoms with Gasteiger partial charge in [0.25, 0.3) is 5.91 Å². The normalized spacial score (nSPS) is 18.4. The monoisotopic (exact) mass is 249 g/mol. The summed E-state index contributed by atoms with van der Waals surface area (Å²) in [5, 5.41) is 16.9. The third kappa shape index (κ3) is 2.19. The molecule has 0 aromatic carbocycles. The number of amides is 1. The average molecular weight is 249 g/mol. The highest BCUT2D eigenvalue weighted by atomic mass is 16.5. The minimum Gasteiger partial charge on any atom is -0.363 e. The van der Waals surface area contributed by atoms with Crippen molar-refractivity contribution >= 4 is 5.91 Å². The zero-order valence-corrected chi connectivity index (χ0v) is 10.5. The molecule has 18 heavy (non-hydrogen) atoms. The molecule has 1 aromatic rings. The number of likely N-dealkylation sites (tertiary alicyclic amines) is 1. The summed E-state index contributed by atoms with van der Waals surface area (Å²) in [6, 6.07) is 2.18. The summed E-state index contributed by atoms with van der Waals surface area (Å²) in [5.74, 6) is -0.147. The van der Waals surface area contributed by atoms with Gasteiger partial charge in [0.1, 0.15) is 0 Å². The van der Waals surface area contributed by atoms with Crippen LogP contribution in [0.15, 0.2) is 6.20 Å². The lowest BCUT2D eigenvalue weighted by atomic mass is 9.92. The van der Waals surface area contributed by atoms with Gasteiger partial charge in [-0.05, 0) is 0 Å².